The highest BCUT2D eigenvalue weighted by molar-refractivity contribution is 5.91. The van der Waals surface area contributed by atoms with Crippen LogP contribution in [0.3, 0.4) is 0 Å². The summed E-state index contributed by atoms with van der Waals surface area (Å²) in [5, 5.41) is 3.41. The lowest BCUT2D eigenvalue weighted by atomic mass is 10.0. The normalized spacial score (nSPS) is 15.8. The van der Waals surface area contributed by atoms with E-state index in [4.69, 9.17) is 9.47 Å². The lowest BCUT2D eigenvalue weighted by molar-refractivity contribution is -0.143. The smallest absolute Gasteiger partial charge is 0.338 e. The SMILES string of the molecule is CCOC(=O)CC1CCCc2ccc(C(=O)OCc3ccccc3)cc2N1. The second-order valence-corrected chi connectivity index (χ2v) is 6.68. The number of ether oxygens (including phenoxy) is 2. The van der Waals surface area contributed by atoms with Crippen molar-refractivity contribution in [3.63, 3.8) is 0 Å². The van der Waals surface area contributed by atoms with Gasteiger partial charge in [0.1, 0.15) is 6.61 Å². The van der Waals surface area contributed by atoms with Gasteiger partial charge in [-0.3, -0.25) is 4.79 Å². The predicted octanol–water partition coefficient (Wildman–Crippen LogP) is 4.11. The van der Waals surface area contributed by atoms with E-state index in [1.165, 1.54) is 0 Å². The average Bonchev–Trinajstić information content (AvgIpc) is 2.88. The number of carbonyl (C=O) groups is 2. The summed E-state index contributed by atoms with van der Waals surface area (Å²) < 4.78 is 10.5. The van der Waals surface area contributed by atoms with Gasteiger partial charge in [0.25, 0.3) is 0 Å². The first-order valence-electron chi connectivity index (χ1n) is 9.42. The molecule has 0 spiro atoms. The molecule has 2 aromatic rings. The van der Waals surface area contributed by atoms with Crippen molar-refractivity contribution in [2.24, 2.45) is 0 Å². The zero-order valence-corrected chi connectivity index (χ0v) is 15.6. The molecule has 0 aliphatic carbocycles. The van der Waals surface area contributed by atoms with Gasteiger partial charge >= 0.3 is 11.9 Å². The van der Waals surface area contributed by atoms with Gasteiger partial charge in [-0.25, -0.2) is 4.79 Å². The minimum atomic E-state index is -0.352. The highest BCUT2D eigenvalue weighted by Crippen LogP contribution is 2.27. The van der Waals surface area contributed by atoms with Crippen LogP contribution in [-0.4, -0.2) is 24.6 Å². The number of hydrogen-bond acceptors (Lipinski definition) is 5. The van der Waals surface area contributed by atoms with Crippen molar-refractivity contribution in [1.82, 2.24) is 0 Å². The molecule has 1 N–H and O–H groups in total. The fourth-order valence-electron chi connectivity index (χ4n) is 3.27. The van der Waals surface area contributed by atoms with E-state index in [-0.39, 0.29) is 24.6 Å². The Morgan fingerprint density at radius 3 is 2.70 bits per heavy atom. The van der Waals surface area contributed by atoms with Crippen molar-refractivity contribution >= 4 is 17.6 Å². The maximum atomic E-state index is 12.4. The second kappa shape index (κ2) is 9.21. The molecule has 0 fully saturated rings. The highest BCUT2D eigenvalue weighted by atomic mass is 16.5. The number of benzene rings is 2. The van der Waals surface area contributed by atoms with Crippen molar-refractivity contribution in [2.75, 3.05) is 11.9 Å². The van der Waals surface area contributed by atoms with Crippen molar-refractivity contribution < 1.29 is 19.1 Å². The van der Waals surface area contributed by atoms with Crippen LogP contribution in [0.1, 0.15) is 47.7 Å². The van der Waals surface area contributed by atoms with Crippen LogP contribution < -0.4 is 5.32 Å². The van der Waals surface area contributed by atoms with E-state index >= 15 is 0 Å². The first kappa shape index (κ1) is 19.0. The van der Waals surface area contributed by atoms with Gasteiger partial charge in [0.15, 0.2) is 0 Å². The quantitative estimate of drug-likeness (QED) is 0.778. The second-order valence-electron chi connectivity index (χ2n) is 6.68. The van der Waals surface area contributed by atoms with E-state index in [0.29, 0.717) is 18.6 Å². The number of fused-ring (bicyclic) bond motifs is 1. The molecule has 2 aromatic carbocycles. The van der Waals surface area contributed by atoms with Gasteiger partial charge in [0.2, 0.25) is 0 Å². The molecular formula is C22H25NO4. The number of rotatable bonds is 6. The molecular weight excluding hydrogens is 342 g/mol. The van der Waals surface area contributed by atoms with Crippen LogP contribution in [0.5, 0.6) is 0 Å². The first-order chi connectivity index (χ1) is 13.2. The Kier molecular flexibility index (Phi) is 6.47. The van der Waals surface area contributed by atoms with Gasteiger partial charge in [0.05, 0.1) is 18.6 Å². The molecule has 1 aliphatic rings. The molecule has 1 aliphatic heterocycles. The third kappa shape index (κ3) is 5.33. The molecule has 0 radical (unpaired) electrons. The summed E-state index contributed by atoms with van der Waals surface area (Å²) in [7, 11) is 0. The molecule has 1 heterocycles. The molecule has 0 aromatic heterocycles. The number of hydrogen-bond donors (Lipinski definition) is 1. The van der Waals surface area contributed by atoms with Crippen LogP contribution in [0.4, 0.5) is 5.69 Å². The van der Waals surface area contributed by atoms with Crippen molar-refractivity contribution in [3.8, 4) is 0 Å². The maximum absolute atomic E-state index is 12.4. The van der Waals surface area contributed by atoms with Crippen LogP contribution in [0.15, 0.2) is 48.5 Å². The summed E-state index contributed by atoms with van der Waals surface area (Å²) >= 11 is 0. The third-order valence-electron chi connectivity index (χ3n) is 4.64. The predicted molar refractivity (Wildman–Crippen MR) is 104 cm³/mol. The van der Waals surface area contributed by atoms with E-state index in [2.05, 4.69) is 5.32 Å². The van der Waals surface area contributed by atoms with E-state index in [9.17, 15) is 9.59 Å². The summed E-state index contributed by atoms with van der Waals surface area (Å²) in [4.78, 5) is 24.2. The molecule has 5 heteroatoms. The first-order valence-corrected chi connectivity index (χ1v) is 9.42. The number of aryl methyl sites for hydroxylation is 1. The average molecular weight is 367 g/mol. The largest absolute Gasteiger partial charge is 0.466 e. The summed E-state index contributed by atoms with van der Waals surface area (Å²) in [5.41, 5.74) is 3.51. The zero-order valence-electron chi connectivity index (χ0n) is 15.6. The summed E-state index contributed by atoms with van der Waals surface area (Å²) in [6.45, 7) is 2.44. The van der Waals surface area contributed by atoms with E-state index < -0.39 is 0 Å². The highest BCUT2D eigenvalue weighted by Gasteiger charge is 2.20. The summed E-state index contributed by atoms with van der Waals surface area (Å²) in [6.07, 6.45) is 3.13. The Labute approximate surface area is 159 Å². The number of nitrogens with one attached hydrogen (secondary N) is 1. The summed E-state index contributed by atoms with van der Waals surface area (Å²) in [5.74, 6) is -0.550. The van der Waals surface area contributed by atoms with Gasteiger partial charge in [-0.15, -0.1) is 0 Å². The third-order valence-corrected chi connectivity index (χ3v) is 4.64. The molecule has 3 rings (SSSR count). The Balaban J connectivity index is 1.66. The molecule has 0 saturated heterocycles. The van der Waals surface area contributed by atoms with Crippen molar-refractivity contribution in [3.05, 3.63) is 65.2 Å². The van der Waals surface area contributed by atoms with Gasteiger partial charge in [0, 0.05) is 11.7 Å². The minimum Gasteiger partial charge on any atom is -0.466 e. The van der Waals surface area contributed by atoms with Gasteiger partial charge in [-0.2, -0.15) is 0 Å². The van der Waals surface area contributed by atoms with E-state index in [1.54, 1.807) is 13.0 Å². The standard InChI is InChI=1S/C22H25NO4/c1-2-26-21(24)14-19-10-6-9-17-11-12-18(13-20(17)23-19)22(25)27-15-16-7-4-3-5-8-16/h3-5,7-8,11-13,19,23H,2,6,9-10,14-15H2,1H3. The van der Waals surface area contributed by atoms with Crippen LogP contribution >= 0.6 is 0 Å². The maximum Gasteiger partial charge on any atom is 0.338 e. The van der Waals surface area contributed by atoms with Gasteiger partial charge < -0.3 is 14.8 Å². The van der Waals surface area contributed by atoms with Crippen LogP contribution in [0, 0.1) is 0 Å². The Bertz CT molecular complexity index is 788. The fraction of sp³-hybridized carbons (Fsp3) is 0.364. The topological polar surface area (TPSA) is 64.6 Å². The van der Waals surface area contributed by atoms with E-state index in [1.807, 2.05) is 42.5 Å². The van der Waals surface area contributed by atoms with Crippen molar-refractivity contribution in [2.45, 2.75) is 45.3 Å². The van der Waals surface area contributed by atoms with Gasteiger partial charge in [-0.1, -0.05) is 36.4 Å². The zero-order chi connectivity index (χ0) is 19.1. The monoisotopic (exact) mass is 367 g/mol. The van der Waals surface area contributed by atoms with Crippen molar-refractivity contribution in [1.29, 1.82) is 0 Å². The number of carbonyl (C=O) groups excluding carboxylic acids is 2. The molecule has 5 nitrogen and oxygen atoms in total. The van der Waals surface area contributed by atoms with Crippen LogP contribution in [0.2, 0.25) is 0 Å². The molecule has 1 atom stereocenters. The molecule has 0 amide bonds. The minimum absolute atomic E-state index is 0.0147. The molecule has 142 valence electrons. The lowest BCUT2D eigenvalue weighted by Crippen LogP contribution is -2.23. The lowest BCUT2D eigenvalue weighted by Gasteiger charge is -2.18. The number of anilines is 1. The summed E-state index contributed by atoms with van der Waals surface area (Å²) in [6, 6.07) is 15.2. The van der Waals surface area contributed by atoms with E-state index in [0.717, 1.165) is 36.1 Å². The van der Waals surface area contributed by atoms with Crippen LogP contribution in [0.25, 0.3) is 0 Å². The van der Waals surface area contributed by atoms with Gasteiger partial charge in [-0.05, 0) is 49.4 Å². The Morgan fingerprint density at radius 1 is 1.11 bits per heavy atom. The van der Waals surface area contributed by atoms with Crippen LogP contribution in [-0.2, 0) is 27.3 Å². The molecule has 1 unspecified atom stereocenters. The number of esters is 2. The Hall–Kier alpha value is -2.82. The molecule has 0 saturated carbocycles. The fourth-order valence-corrected chi connectivity index (χ4v) is 3.27. The Morgan fingerprint density at radius 2 is 1.93 bits per heavy atom. The molecule has 27 heavy (non-hydrogen) atoms. The molecule has 0 bridgehead atoms.